The largest absolute Gasteiger partial charge is 0.293 e. The topological polar surface area (TPSA) is 30.0 Å². The number of carbonyl (C=O) groups is 1. The number of nitrogens with zero attached hydrogens (tertiary/aromatic N) is 1. The molecule has 0 radical (unpaired) electrons. The molecule has 0 N–H and O–H groups in total. The van der Waals surface area contributed by atoms with Crippen LogP contribution in [0.25, 0.3) is 0 Å². The summed E-state index contributed by atoms with van der Waals surface area (Å²) >= 11 is 1.55. The number of ketones is 1. The van der Waals surface area contributed by atoms with Crippen LogP contribution in [-0.4, -0.2) is 21.8 Å². The highest BCUT2D eigenvalue weighted by Crippen LogP contribution is 2.16. The van der Waals surface area contributed by atoms with Crippen LogP contribution in [0.4, 0.5) is 4.39 Å². The second-order valence-electron chi connectivity index (χ2n) is 3.31. The Balaban J connectivity index is 2.58. The molecule has 0 aliphatic heterocycles. The van der Waals surface area contributed by atoms with Crippen LogP contribution in [0.1, 0.15) is 30.6 Å². The van der Waals surface area contributed by atoms with Gasteiger partial charge in [0.05, 0.1) is 17.5 Å². The molecule has 0 aliphatic rings. The zero-order chi connectivity index (χ0) is 11.3. The first kappa shape index (κ1) is 12.2. The predicted octanol–water partition coefficient (Wildman–Crippen LogP) is 2.94. The van der Waals surface area contributed by atoms with Gasteiger partial charge in [0.15, 0.2) is 11.6 Å². The molecule has 1 rings (SSSR count). The molecule has 1 heterocycles. The number of Topliss-reactive ketones (excluding diaryl/α,β-unsaturated/α-hetero) is 1. The monoisotopic (exact) mass is 227 g/mol. The van der Waals surface area contributed by atoms with Gasteiger partial charge in [0.25, 0.3) is 0 Å². The Hall–Kier alpha value is -0.900. The van der Waals surface area contributed by atoms with Crippen LogP contribution in [0.5, 0.6) is 0 Å². The number of thioether (sulfide) groups is 1. The van der Waals surface area contributed by atoms with Crippen molar-refractivity contribution in [3.8, 4) is 0 Å². The molecule has 0 aromatic carbocycles. The van der Waals surface area contributed by atoms with E-state index >= 15 is 0 Å². The zero-order valence-corrected chi connectivity index (χ0v) is 9.68. The first-order chi connectivity index (χ1) is 7.15. The van der Waals surface area contributed by atoms with Gasteiger partial charge in [0, 0.05) is 11.4 Å². The van der Waals surface area contributed by atoms with Gasteiger partial charge in [-0.3, -0.25) is 9.78 Å². The fraction of sp³-hybridized carbons (Fsp3) is 0.455. The minimum Gasteiger partial charge on any atom is -0.293 e. The Morgan fingerprint density at radius 2 is 2.40 bits per heavy atom. The maximum atomic E-state index is 13.2. The molecular formula is C11H14FNOS. The van der Waals surface area contributed by atoms with Gasteiger partial charge >= 0.3 is 0 Å². The maximum Gasteiger partial charge on any atom is 0.175 e. The lowest BCUT2D eigenvalue weighted by Crippen LogP contribution is -2.08. The molecule has 4 heteroatoms. The van der Waals surface area contributed by atoms with Crippen LogP contribution >= 0.6 is 11.8 Å². The highest BCUT2D eigenvalue weighted by Gasteiger charge is 2.12. The minimum absolute atomic E-state index is 0.140. The van der Waals surface area contributed by atoms with Gasteiger partial charge in [0.1, 0.15) is 0 Å². The molecule has 0 saturated carbocycles. The van der Waals surface area contributed by atoms with E-state index in [1.54, 1.807) is 11.8 Å². The van der Waals surface area contributed by atoms with Crippen molar-refractivity contribution in [3.05, 3.63) is 29.8 Å². The van der Waals surface area contributed by atoms with E-state index in [0.717, 1.165) is 12.6 Å². The Kier molecular flexibility index (Phi) is 4.75. The summed E-state index contributed by atoms with van der Waals surface area (Å²) in [7, 11) is 0. The van der Waals surface area contributed by atoms with Gasteiger partial charge in [-0.2, -0.15) is 11.8 Å². The van der Waals surface area contributed by atoms with Crippen molar-refractivity contribution in [2.24, 2.45) is 0 Å². The molecule has 0 amide bonds. The Morgan fingerprint density at radius 1 is 1.67 bits per heavy atom. The summed E-state index contributed by atoms with van der Waals surface area (Å²) in [5, 5.41) is 0.429. The molecule has 0 spiro atoms. The molecule has 0 aliphatic carbocycles. The van der Waals surface area contributed by atoms with Gasteiger partial charge in [-0.25, -0.2) is 4.39 Å². The van der Waals surface area contributed by atoms with Gasteiger partial charge in [-0.1, -0.05) is 13.8 Å². The maximum absolute atomic E-state index is 13.2. The van der Waals surface area contributed by atoms with E-state index in [1.807, 2.05) is 0 Å². The Morgan fingerprint density at radius 3 is 3.00 bits per heavy atom. The van der Waals surface area contributed by atoms with Crippen molar-refractivity contribution >= 4 is 17.5 Å². The lowest BCUT2D eigenvalue weighted by molar-refractivity contribution is 0.101. The quantitative estimate of drug-likeness (QED) is 0.724. The third-order valence-corrected chi connectivity index (χ3v) is 3.48. The van der Waals surface area contributed by atoms with Crippen LogP contribution in [0.3, 0.4) is 0 Å². The number of aromatic nitrogens is 1. The van der Waals surface area contributed by atoms with E-state index in [9.17, 15) is 9.18 Å². The minimum atomic E-state index is -0.535. The third kappa shape index (κ3) is 3.63. The van der Waals surface area contributed by atoms with E-state index in [2.05, 4.69) is 18.8 Å². The van der Waals surface area contributed by atoms with Crippen molar-refractivity contribution in [3.63, 3.8) is 0 Å². The van der Waals surface area contributed by atoms with E-state index in [1.165, 1.54) is 12.3 Å². The summed E-state index contributed by atoms with van der Waals surface area (Å²) in [6.45, 7) is 4.12. The van der Waals surface area contributed by atoms with E-state index in [0.29, 0.717) is 11.0 Å². The molecule has 1 aromatic rings. The summed E-state index contributed by atoms with van der Waals surface area (Å²) in [6.07, 6.45) is 3.52. The molecule has 0 fully saturated rings. The van der Waals surface area contributed by atoms with Crippen molar-refractivity contribution in [2.75, 3.05) is 5.75 Å². The summed E-state index contributed by atoms with van der Waals surface area (Å²) in [6, 6.07) is 1.43. The second kappa shape index (κ2) is 5.85. The summed E-state index contributed by atoms with van der Waals surface area (Å²) in [5.74, 6) is -0.372. The Bertz CT molecular complexity index is 343. The van der Waals surface area contributed by atoms with Gasteiger partial charge in [-0.05, 0) is 12.5 Å². The Labute approximate surface area is 93.3 Å². The van der Waals surface area contributed by atoms with Crippen molar-refractivity contribution in [1.29, 1.82) is 0 Å². The third-order valence-electron chi connectivity index (χ3n) is 2.15. The van der Waals surface area contributed by atoms with Crippen LogP contribution < -0.4 is 0 Å². The van der Waals surface area contributed by atoms with E-state index in [4.69, 9.17) is 0 Å². The lowest BCUT2D eigenvalue weighted by atomic mass is 10.2. The molecule has 82 valence electrons. The molecule has 0 bridgehead atoms. The van der Waals surface area contributed by atoms with Crippen LogP contribution in [-0.2, 0) is 0 Å². The molecule has 1 aromatic heterocycles. The normalized spacial score (nSPS) is 12.5. The standard InChI is InChI=1S/C11H14FNOS/c1-3-8(2)15-7-11(14)9-4-5-13-6-10(9)12/h4-6,8H,3,7H2,1-2H3. The number of rotatable bonds is 5. The van der Waals surface area contributed by atoms with Gasteiger partial charge in [0.2, 0.25) is 0 Å². The first-order valence-electron chi connectivity index (χ1n) is 4.89. The highest BCUT2D eigenvalue weighted by atomic mass is 32.2. The van der Waals surface area contributed by atoms with E-state index in [-0.39, 0.29) is 11.3 Å². The molecule has 15 heavy (non-hydrogen) atoms. The van der Waals surface area contributed by atoms with E-state index < -0.39 is 5.82 Å². The van der Waals surface area contributed by atoms with Gasteiger partial charge < -0.3 is 0 Å². The predicted molar refractivity (Wildman–Crippen MR) is 60.7 cm³/mol. The molecule has 1 atom stereocenters. The summed E-state index contributed by atoms with van der Waals surface area (Å²) in [5.41, 5.74) is 0.140. The molecule has 0 saturated heterocycles. The van der Waals surface area contributed by atoms with Crippen LogP contribution in [0.15, 0.2) is 18.5 Å². The van der Waals surface area contributed by atoms with Crippen molar-refractivity contribution in [2.45, 2.75) is 25.5 Å². The smallest absolute Gasteiger partial charge is 0.175 e. The average Bonchev–Trinajstić information content (AvgIpc) is 2.26. The summed E-state index contributed by atoms with van der Waals surface area (Å²) in [4.78, 5) is 15.2. The number of hydrogen-bond acceptors (Lipinski definition) is 3. The fourth-order valence-electron chi connectivity index (χ4n) is 1.01. The number of carbonyl (C=O) groups excluding carboxylic acids is 1. The van der Waals surface area contributed by atoms with Crippen LogP contribution in [0.2, 0.25) is 0 Å². The van der Waals surface area contributed by atoms with Crippen LogP contribution in [0, 0.1) is 5.82 Å². The van der Waals surface area contributed by atoms with Crippen molar-refractivity contribution < 1.29 is 9.18 Å². The molecular weight excluding hydrogens is 213 g/mol. The summed E-state index contributed by atoms with van der Waals surface area (Å²) < 4.78 is 13.2. The SMILES string of the molecule is CCC(C)SCC(=O)c1ccncc1F. The number of halogens is 1. The van der Waals surface area contributed by atoms with Gasteiger partial charge in [-0.15, -0.1) is 0 Å². The fourth-order valence-corrected chi connectivity index (χ4v) is 1.84. The average molecular weight is 227 g/mol. The first-order valence-corrected chi connectivity index (χ1v) is 5.94. The highest BCUT2D eigenvalue weighted by molar-refractivity contribution is 8.00. The van der Waals surface area contributed by atoms with Crippen molar-refractivity contribution in [1.82, 2.24) is 4.98 Å². The lowest BCUT2D eigenvalue weighted by Gasteiger charge is -2.07. The number of pyridine rings is 1. The molecule has 2 nitrogen and oxygen atoms in total. The second-order valence-corrected chi connectivity index (χ2v) is 4.74. The number of hydrogen-bond donors (Lipinski definition) is 0. The molecule has 1 unspecified atom stereocenters. The zero-order valence-electron chi connectivity index (χ0n) is 8.87.